The number of amides is 1. The van der Waals surface area contributed by atoms with E-state index in [-0.39, 0.29) is 5.91 Å². The largest absolute Gasteiger partial charge is 0.489 e. The molecule has 3 aromatic rings. The van der Waals surface area contributed by atoms with E-state index in [1.165, 1.54) is 24.4 Å². The maximum atomic E-state index is 12.4. The summed E-state index contributed by atoms with van der Waals surface area (Å²) >= 11 is 1.22. The number of methoxy groups -OCH3 is 1. The summed E-state index contributed by atoms with van der Waals surface area (Å²) < 4.78 is 10.6. The molecule has 0 aromatic heterocycles. The van der Waals surface area contributed by atoms with E-state index in [0.717, 1.165) is 16.9 Å². The van der Waals surface area contributed by atoms with Crippen molar-refractivity contribution in [3.05, 3.63) is 100.0 Å². The second kappa shape index (κ2) is 10.2. The van der Waals surface area contributed by atoms with Gasteiger partial charge in [-0.2, -0.15) is 0 Å². The van der Waals surface area contributed by atoms with Gasteiger partial charge < -0.3 is 14.8 Å². The Morgan fingerprint density at radius 1 is 1.03 bits per heavy atom. The Bertz CT molecular complexity index is 1230. The van der Waals surface area contributed by atoms with E-state index < -0.39 is 5.97 Å². The summed E-state index contributed by atoms with van der Waals surface area (Å²) in [5.41, 5.74) is 3.95. The molecule has 33 heavy (non-hydrogen) atoms. The number of aliphatic imine (C=N–C) groups is 1. The van der Waals surface area contributed by atoms with Gasteiger partial charge in [0.25, 0.3) is 5.91 Å². The lowest BCUT2D eigenvalue weighted by Crippen LogP contribution is -2.19. The van der Waals surface area contributed by atoms with Crippen LogP contribution in [0.5, 0.6) is 5.75 Å². The lowest BCUT2D eigenvalue weighted by atomic mass is 10.1. The van der Waals surface area contributed by atoms with Gasteiger partial charge in [0, 0.05) is 0 Å². The number of rotatable bonds is 6. The minimum Gasteiger partial charge on any atom is -0.489 e. The predicted octanol–water partition coefficient (Wildman–Crippen LogP) is 5.25. The third-order valence-corrected chi connectivity index (χ3v) is 5.80. The van der Waals surface area contributed by atoms with Gasteiger partial charge in [-0.25, -0.2) is 9.79 Å². The number of thioether (sulfide) groups is 1. The first-order chi connectivity index (χ1) is 16.0. The number of amidine groups is 1. The Kier molecular flexibility index (Phi) is 6.90. The molecule has 0 bridgehead atoms. The van der Waals surface area contributed by atoms with Gasteiger partial charge in [0.15, 0.2) is 5.17 Å². The summed E-state index contributed by atoms with van der Waals surface area (Å²) in [4.78, 5) is 29.3. The highest BCUT2D eigenvalue weighted by atomic mass is 32.2. The minimum atomic E-state index is -0.482. The van der Waals surface area contributed by atoms with Crippen LogP contribution < -0.4 is 10.1 Å². The quantitative estimate of drug-likeness (QED) is 0.403. The number of aryl methyl sites for hydroxylation is 1. The van der Waals surface area contributed by atoms with Crippen molar-refractivity contribution in [2.24, 2.45) is 4.99 Å². The van der Waals surface area contributed by atoms with E-state index in [9.17, 15) is 9.59 Å². The second-order valence-electron chi connectivity index (χ2n) is 7.33. The molecule has 6 nitrogen and oxygen atoms in total. The van der Waals surface area contributed by atoms with Crippen molar-refractivity contribution in [3.63, 3.8) is 0 Å². The van der Waals surface area contributed by atoms with E-state index in [4.69, 9.17) is 9.47 Å². The van der Waals surface area contributed by atoms with E-state index in [1.54, 1.807) is 30.3 Å². The molecule has 0 unspecified atom stereocenters. The number of para-hydroxylation sites is 1. The number of nitrogens with zero attached hydrogens (tertiary/aromatic N) is 1. The number of hydrogen-bond donors (Lipinski definition) is 1. The number of hydrogen-bond acceptors (Lipinski definition) is 6. The fourth-order valence-corrected chi connectivity index (χ4v) is 3.94. The van der Waals surface area contributed by atoms with Crippen LogP contribution in [0.1, 0.15) is 27.0 Å². The number of nitrogens with one attached hydrogen (secondary N) is 1. The zero-order valence-corrected chi connectivity index (χ0v) is 19.0. The first-order valence-corrected chi connectivity index (χ1v) is 11.1. The topological polar surface area (TPSA) is 77.0 Å². The van der Waals surface area contributed by atoms with Crippen molar-refractivity contribution >= 4 is 40.6 Å². The molecule has 1 aliphatic heterocycles. The van der Waals surface area contributed by atoms with E-state index in [2.05, 4.69) is 29.4 Å². The first-order valence-electron chi connectivity index (χ1n) is 10.3. The van der Waals surface area contributed by atoms with Gasteiger partial charge in [0.05, 0.1) is 23.3 Å². The van der Waals surface area contributed by atoms with Crippen molar-refractivity contribution in [1.82, 2.24) is 5.32 Å². The van der Waals surface area contributed by atoms with Gasteiger partial charge in [-0.05, 0) is 60.2 Å². The van der Waals surface area contributed by atoms with Crippen LogP contribution in [0, 0.1) is 6.92 Å². The number of ether oxygens (including phenoxy) is 2. The van der Waals surface area contributed by atoms with Crippen LogP contribution in [0.3, 0.4) is 0 Å². The molecule has 166 valence electrons. The molecule has 0 aliphatic carbocycles. The summed E-state index contributed by atoms with van der Waals surface area (Å²) in [6, 6.07) is 22.6. The van der Waals surface area contributed by atoms with Gasteiger partial charge in [0.1, 0.15) is 12.4 Å². The molecule has 3 aromatic carbocycles. The van der Waals surface area contributed by atoms with Crippen LogP contribution in [0.4, 0.5) is 5.69 Å². The Balaban J connectivity index is 1.43. The number of benzene rings is 3. The third kappa shape index (κ3) is 5.70. The zero-order valence-electron chi connectivity index (χ0n) is 18.2. The molecule has 1 amide bonds. The average molecular weight is 459 g/mol. The van der Waals surface area contributed by atoms with Crippen LogP contribution in [-0.4, -0.2) is 24.2 Å². The monoisotopic (exact) mass is 458 g/mol. The Morgan fingerprint density at radius 2 is 1.76 bits per heavy atom. The Morgan fingerprint density at radius 3 is 2.48 bits per heavy atom. The summed E-state index contributed by atoms with van der Waals surface area (Å²) in [7, 11) is 1.32. The van der Waals surface area contributed by atoms with E-state index in [1.807, 2.05) is 36.4 Å². The van der Waals surface area contributed by atoms with Gasteiger partial charge in [-0.1, -0.05) is 54.1 Å². The lowest BCUT2D eigenvalue weighted by Gasteiger charge is -2.07. The first kappa shape index (κ1) is 22.4. The third-order valence-electron chi connectivity index (χ3n) is 4.89. The summed E-state index contributed by atoms with van der Waals surface area (Å²) in [5.74, 6) is 0.0293. The van der Waals surface area contributed by atoms with Crippen molar-refractivity contribution in [2.45, 2.75) is 13.5 Å². The van der Waals surface area contributed by atoms with E-state index >= 15 is 0 Å². The van der Waals surface area contributed by atoms with Crippen LogP contribution in [0.25, 0.3) is 6.08 Å². The van der Waals surface area contributed by atoms with Gasteiger partial charge in [-0.15, -0.1) is 0 Å². The molecule has 1 heterocycles. The fraction of sp³-hybridized carbons (Fsp3) is 0.115. The number of esters is 1. The van der Waals surface area contributed by atoms with Crippen LogP contribution in [0.2, 0.25) is 0 Å². The minimum absolute atomic E-state index is 0.242. The van der Waals surface area contributed by atoms with Crippen LogP contribution >= 0.6 is 11.8 Å². The molecular weight excluding hydrogens is 436 g/mol. The molecular formula is C26H22N2O4S. The molecule has 0 saturated carbocycles. The van der Waals surface area contributed by atoms with E-state index in [0.29, 0.717) is 27.9 Å². The second-order valence-corrected chi connectivity index (χ2v) is 8.36. The highest BCUT2D eigenvalue weighted by molar-refractivity contribution is 8.18. The molecule has 7 heteroatoms. The highest BCUT2D eigenvalue weighted by Gasteiger charge is 2.24. The molecule has 1 aliphatic rings. The maximum Gasteiger partial charge on any atom is 0.340 e. The lowest BCUT2D eigenvalue weighted by molar-refractivity contribution is -0.115. The normalized spacial score (nSPS) is 15.5. The molecule has 0 spiro atoms. The molecule has 0 atom stereocenters. The molecule has 1 N–H and O–H groups in total. The standard InChI is InChI=1S/C26H22N2O4S/c1-17-7-9-19(10-8-17)16-32-20-13-11-18(12-14-20)15-23-24(29)28-26(33-23)27-22-6-4-3-5-21(22)25(30)31-2/h3-15H,16H2,1-2H3,(H,27,28,29)/b23-15-. The van der Waals surface area contributed by atoms with Crippen molar-refractivity contribution < 1.29 is 19.1 Å². The highest BCUT2D eigenvalue weighted by Crippen LogP contribution is 2.29. The van der Waals surface area contributed by atoms with Crippen LogP contribution in [-0.2, 0) is 16.1 Å². The SMILES string of the molecule is COC(=O)c1ccccc1N=C1NC(=O)/C(=C/c2ccc(OCc3ccc(C)cc3)cc2)S1. The predicted molar refractivity (Wildman–Crippen MR) is 131 cm³/mol. The van der Waals surface area contributed by atoms with Gasteiger partial charge >= 0.3 is 5.97 Å². The van der Waals surface area contributed by atoms with Gasteiger partial charge in [-0.3, -0.25) is 4.79 Å². The molecule has 1 fully saturated rings. The Labute approximate surface area is 196 Å². The molecule has 4 rings (SSSR count). The van der Waals surface area contributed by atoms with Crippen LogP contribution in [0.15, 0.2) is 82.7 Å². The average Bonchev–Trinajstić information content (AvgIpc) is 3.17. The maximum absolute atomic E-state index is 12.4. The Hall–Kier alpha value is -3.84. The zero-order chi connectivity index (χ0) is 23.2. The van der Waals surface area contributed by atoms with Gasteiger partial charge in [0.2, 0.25) is 0 Å². The fourth-order valence-electron chi connectivity index (χ4n) is 3.11. The summed E-state index contributed by atoms with van der Waals surface area (Å²) in [6.45, 7) is 2.54. The number of carbonyl (C=O) groups excluding carboxylic acids is 2. The summed E-state index contributed by atoms with van der Waals surface area (Å²) in [5, 5.41) is 3.14. The smallest absolute Gasteiger partial charge is 0.340 e. The van der Waals surface area contributed by atoms with Crippen molar-refractivity contribution in [1.29, 1.82) is 0 Å². The van der Waals surface area contributed by atoms with Crippen molar-refractivity contribution in [2.75, 3.05) is 7.11 Å². The number of carbonyl (C=O) groups is 2. The molecule has 0 radical (unpaired) electrons. The summed E-state index contributed by atoms with van der Waals surface area (Å²) in [6.07, 6.45) is 1.79. The van der Waals surface area contributed by atoms with Crippen molar-refractivity contribution in [3.8, 4) is 5.75 Å². The molecule has 1 saturated heterocycles.